The second-order valence-electron chi connectivity index (χ2n) is 6.17. The fourth-order valence-electron chi connectivity index (χ4n) is 2.59. The predicted molar refractivity (Wildman–Crippen MR) is 102 cm³/mol. The van der Waals surface area contributed by atoms with Gasteiger partial charge in [0.1, 0.15) is 6.61 Å². The van der Waals surface area contributed by atoms with Crippen LogP contribution in [0.15, 0.2) is 24.3 Å². The Balaban J connectivity index is 1.57. The summed E-state index contributed by atoms with van der Waals surface area (Å²) in [6.07, 6.45) is 1.39. The van der Waals surface area contributed by atoms with Gasteiger partial charge in [-0.3, -0.25) is 14.9 Å². The van der Waals surface area contributed by atoms with E-state index >= 15 is 0 Å². The van der Waals surface area contributed by atoms with E-state index < -0.39 is 17.1 Å². The van der Waals surface area contributed by atoms with E-state index in [1.54, 1.807) is 28.8 Å². The molecule has 0 unspecified atom stereocenters. The first kappa shape index (κ1) is 21.0. The van der Waals surface area contributed by atoms with Crippen LogP contribution in [0.3, 0.4) is 0 Å². The van der Waals surface area contributed by atoms with E-state index in [-0.39, 0.29) is 18.2 Å². The molecule has 0 spiro atoms. The lowest BCUT2D eigenvalue weighted by Crippen LogP contribution is -2.42. The predicted octanol–water partition coefficient (Wildman–Crippen LogP) is 1.85. The lowest BCUT2D eigenvalue weighted by atomic mass is 10.1. The van der Waals surface area contributed by atoms with Crippen LogP contribution in [-0.2, 0) is 16.1 Å². The van der Waals surface area contributed by atoms with Crippen LogP contribution in [0, 0.1) is 10.1 Å². The lowest BCUT2D eigenvalue weighted by molar-refractivity contribution is -0.384. The molecule has 0 saturated carbocycles. The number of ether oxygens (including phenoxy) is 1. The van der Waals surface area contributed by atoms with Crippen LogP contribution >= 0.6 is 11.8 Å². The number of nitrogens with zero attached hydrogens (tertiary/aromatic N) is 2. The van der Waals surface area contributed by atoms with Crippen LogP contribution in [0.4, 0.5) is 10.5 Å². The van der Waals surface area contributed by atoms with E-state index in [1.165, 1.54) is 12.1 Å². The van der Waals surface area contributed by atoms with Crippen LogP contribution in [0.25, 0.3) is 0 Å². The molecular formula is C17H24N4O5S. The number of carbonyl (C=O) groups is 2. The smallest absolute Gasteiger partial charge is 0.407 e. The molecule has 0 bridgehead atoms. The van der Waals surface area contributed by atoms with E-state index in [1.807, 2.05) is 0 Å². The van der Waals surface area contributed by atoms with Crippen molar-refractivity contribution >= 4 is 29.4 Å². The summed E-state index contributed by atoms with van der Waals surface area (Å²) in [5.74, 6) is 1.66. The molecule has 3 N–H and O–H groups in total. The first-order valence-electron chi connectivity index (χ1n) is 8.73. The second kappa shape index (κ2) is 10.7. The maximum absolute atomic E-state index is 12.1. The highest BCUT2D eigenvalue weighted by molar-refractivity contribution is 7.99. The number of thioether (sulfide) groups is 1. The van der Waals surface area contributed by atoms with Crippen LogP contribution in [0.5, 0.6) is 0 Å². The monoisotopic (exact) mass is 396 g/mol. The van der Waals surface area contributed by atoms with Crippen molar-refractivity contribution in [2.24, 2.45) is 5.73 Å². The number of rotatable bonds is 9. The number of nitrogens with one attached hydrogen (secondary N) is 1. The molecule has 1 heterocycles. The summed E-state index contributed by atoms with van der Waals surface area (Å²) in [6, 6.07) is 5.44. The van der Waals surface area contributed by atoms with Gasteiger partial charge in [0, 0.05) is 31.0 Å². The highest BCUT2D eigenvalue weighted by Crippen LogP contribution is 2.15. The normalized spacial score (nSPS) is 14.6. The summed E-state index contributed by atoms with van der Waals surface area (Å²) < 4.78 is 5.04. The zero-order valence-electron chi connectivity index (χ0n) is 15.0. The van der Waals surface area contributed by atoms with Gasteiger partial charge in [-0.1, -0.05) is 12.1 Å². The molecule has 1 atom stereocenters. The van der Waals surface area contributed by atoms with Gasteiger partial charge in [0.25, 0.3) is 5.69 Å². The summed E-state index contributed by atoms with van der Waals surface area (Å²) in [4.78, 5) is 35.7. The molecule has 0 aromatic heterocycles. The zero-order valence-corrected chi connectivity index (χ0v) is 15.8. The summed E-state index contributed by atoms with van der Waals surface area (Å²) in [5.41, 5.74) is 6.42. The minimum absolute atomic E-state index is 0.00989. The Kier molecular flexibility index (Phi) is 8.34. The van der Waals surface area contributed by atoms with E-state index in [9.17, 15) is 19.7 Å². The summed E-state index contributed by atoms with van der Waals surface area (Å²) in [5, 5.41) is 13.3. The first-order valence-corrected chi connectivity index (χ1v) is 9.89. The van der Waals surface area contributed by atoms with E-state index in [0.29, 0.717) is 30.8 Å². The molecule has 1 aromatic rings. The molecule has 1 aromatic carbocycles. The molecular weight excluding hydrogens is 372 g/mol. The number of amides is 2. The van der Waals surface area contributed by atoms with Crippen molar-refractivity contribution in [2.75, 3.05) is 24.7 Å². The Morgan fingerprint density at radius 3 is 2.93 bits per heavy atom. The third-order valence-corrected chi connectivity index (χ3v) is 5.05. The fourth-order valence-corrected chi connectivity index (χ4v) is 3.54. The van der Waals surface area contributed by atoms with Crippen LogP contribution in [0.1, 0.15) is 24.8 Å². The molecule has 1 aliphatic rings. The highest BCUT2D eigenvalue weighted by Gasteiger charge is 2.23. The number of non-ortho nitro benzene ring substituents is 1. The molecule has 27 heavy (non-hydrogen) atoms. The summed E-state index contributed by atoms with van der Waals surface area (Å²) >= 11 is 1.72. The third-order valence-electron chi connectivity index (χ3n) is 4.08. The van der Waals surface area contributed by atoms with Gasteiger partial charge < -0.3 is 20.7 Å². The number of carbonyl (C=O) groups excluding carboxylic acids is 2. The molecule has 1 aliphatic heterocycles. The number of benzene rings is 1. The van der Waals surface area contributed by atoms with Gasteiger partial charge >= 0.3 is 6.09 Å². The fraction of sp³-hybridized carbons (Fsp3) is 0.529. The van der Waals surface area contributed by atoms with Gasteiger partial charge in [-0.15, -0.1) is 11.8 Å². The lowest BCUT2D eigenvalue weighted by Gasteiger charge is -2.19. The number of nitro benzene ring substituents is 1. The molecule has 1 saturated heterocycles. The van der Waals surface area contributed by atoms with Crippen molar-refractivity contribution in [2.45, 2.75) is 31.9 Å². The third kappa shape index (κ3) is 7.06. The number of hydrogen-bond donors (Lipinski definition) is 2. The summed E-state index contributed by atoms with van der Waals surface area (Å²) in [6.45, 7) is 1.13. The molecule has 9 nitrogen and oxygen atoms in total. The number of nitro groups is 1. The average molecular weight is 396 g/mol. The molecule has 0 aliphatic carbocycles. The van der Waals surface area contributed by atoms with Gasteiger partial charge in [-0.2, -0.15) is 0 Å². The van der Waals surface area contributed by atoms with Gasteiger partial charge in [0.15, 0.2) is 0 Å². The van der Waals surface area contributed by atoms with Crippen molar-refractivity contribution < 1.29 is 19.2 Å². The van der Waals surface area contributed by atoms with Gasteiger partial charge in [0.05, 0.1) is 16.8 Å². The standard InChI is InChI=1S/C17H24N4O5S/c18-15(16(22)20-8-9-27-12-20)6-1-2-7-19-17(23)26-11-13-4-3-5-14(10-13)21(24)25/h3-5,10,15H,1-2,6-9,11-12,18H2,(H,19,23)/t15-/m0/s1. The van der Waals surface area contributed by atoms with E-state index in [0.717, 1.165) is 18.7 Å². The Hall–Kier alpha value is -2.33. The van der Waals surface area contributed by atoms with Crippen LogP contribution < -0.4 is 11.1 Å². The Labute approximate surface area is 161 Å². The maximum Gasteiger partial charge on any atom is 0.407 e. The van der Waals surface area contributed by atoms with Gasteiger partial charge in [0.2, 0.25) is 5.91 Å². The largest absolute Gasteiger partial charge is 0.445 e. The van der Waals surface area contributed by atoms with Crippen molar-refractivity contribution in [3.05, 3.63) is 39.9 Å². The Morgan fingerprint density at radius 1 is 1.41 bits per heavy atom. The van der Waals surface area contributed by atoms with Gasteiger partial charge in [-0.05, 0) is 24.8 Å². The summed E-state index contributed by atoms with van der Waals surface area (Å²) in [7, 11) is 0. The van der Waals surface area contributed by atoms with Crippen LogP contribution in [0.2, 0.25) is 0 Å². The molecule has 2 amide bonds. The average Bonchev–Trinajstić information content (AvgIpc) is 3.20. The molecule has 0 radical (unpaired) electrons. The SMILES string of the molecule is N[C@@H](CCCCNC(=O)OCc1cccc([N+](=O)[O-])c1)C(=O)N1CCSC1. The van der Waals surface area contributed by atoms with E-state index in [4.69, 9.17) is 10.5 Å². The molecule has 148 valence electrons. The number of unbranched alkanes of at least 4 members (excludes halogenated alkanes) is 1. The quantitative estimate of drug-likeness (QED) is 0.370. The van der Waals surface area contributed by atoms with Crippen LogP contribution in [-0.4, -0.2) is 52.6 Å². The molecule has 2 rings (SSSR count). The van der Waals surface area contributed by atoms with Crippen molar-refractivity contribution in [1.82, 2.24) is 10.2 Å². The zero-order chi connectivity index (χ0) is 19.6. The second-order valence-corrected chi connectivity index (χ2v) is 7.25. The van der Waals surface area contributed by atoms with E-state index in [2.05, 4.69) is 5.32 Å². The van der Waals surface area contributed by atoms with Gasteiger partial charge in [-0.25, -0.2) is 4.79 Å². The number of nitrogens with two attached hydrogens (primary N) is 1. The highest BCUT2D eigenvalue weighted by atomic mass is 32.2. The topological polar surface area (TPSA) is 128 Å². The minimum atomic E-state index is -0.587. The minimum Gasteiger partial charge on any atom is -0.445 e. The maximum atomic E-state index is 12.1. The Bertz CT molecular complexity index is 666. The molecule has 10 heteroatoms. The number of alkyl carbamates (subject to hydrolysis) is 1. The Morgan fingerprint density at radius 2 is 2.22 bits per heavy atom. The van der Waals surface area contributed by atoms with Crippen molar-refractivity contribution in [3.63, 3.8) is 0 Å². The van der Waals surface area contributed by atoms with Crippen molar-refractivity contribution in [3.8, 4) is 0 Å². The molecule has 1 fully saturated rings. The number of hydrogen-bond acceptors (Lipinski definition) is 7. The first-order chi connectivity index (χ1) is 13.0. The van der Waals surface area contributed by atoms with Crippen molar-refractivity contribution in [1.29, 1.82) is 0 Å².